The second-order valence-corrected chi connectivity index (χ2v) is 3.55. The fourth-order valence-corrected chi connectivity index (χ4v) is 1.44. The molecule has 15 heavy (non-hydrogen) atoms. The quantitative estimate of drug-likeness (QED) is 0.535. The average molecular weight is 204 g/mol. The minimum absolute atomic E-state index is 1.13. The van der Waals surface area contributed by atoms with Crippen LogP contribution in [0, 0.1) is 11.8 Å². The minimum Gasteiger partial charge on any atom is -0.512 e. The molecule has 1 aromatic heterocycles. The van der Waals surface area contributed by atoms with E-state index in [1.54, 1.807) is 0 Å². The van der Waals surface area contributed by atoms with Gasteiger partial charge in [0.05, 0.1) is 0 Å². The van der Waals surface area contributed by atoms with Gasteiger partial charge in [-0.2, -0.15) is 0 Å². The lowest BCUT2D eigenvalue weighted by atomic mass is 10.1. The molecule has 0 radical (unpaired) electrons. The van der Waals surface area contributed by atoms with Crippen LogP contribution in [-0.4, -0.2) is 0 Å². The van der Waals surface area contributed by atoms with Gasteiger partial charge in [-0.3, -0.25) is 0 Å². The number of hydrogen-bond donors (Lipinski definition) is 0. The highest BCUT2D eigenvalue weighted by molar-refractivity contribution is 5.06. The van der Waals surface area contributed by atoms with Gasteiger partial charge in [-0.1, -0.05) is 20.3 Å². The summed E-state index contributed by atoms with van der Waals surface area (Å²) in [5, 5.41) is 6.25. The Hall–Kier alpha value is -1.36. The molecule has 0 amide bonds. The highest BCUT2D eigenvalue weighted by Gasteiger charge is 1.98. The summed E-state index contributed by atoms with van der Waals surface area (Å²) in [6.45, 7) is 10.3. The summed E-state index contributed by atoms with van der Waals surface area (Å²) in [4.78, 5) is 0. The van der Waals surface area contributed by atoms with Crippen molar-refractivity contribution >= 4 is 0 Å². The zero-order chi connectivity index (χ0) is 11.5. The Bertz CT molecular complexity index is 262. The van der Waals surface area contributed by atoms with Crippen LogP contribution in [0.25, 0.3) is 0 Å². The Kier molecular flexibility index (Phi) is 8.37. The standard InChI is InChI=1S/C12H20N.CN/c1-3-5-6-12-7-10-13(9-4-2)11-8-12;1-2/h7-8,10-11H,3-6,9H2,1-2H3;/q+1;-1. The Morgan fingerprint density at radius 2 is 1.73 bits per heavy atom. The number of aromatic nitrogens is 1. The Labute approximate surface area is 93.2 Å². The molecule has 0 bridgehead atoms. The molecule has 0 N–H and O–H groups in total. The van der Waals surface area contributed by atoms with E-state index in [0.717, 1.165) is 6.54 Å². The summed E-state index contributed by atoms with van der Waals surface area (Å²) in [5.74, 6) is 0. The van der Waals surface area contributed by atoms with E-state index in [1.165, 1.54) is 31.2 Å². The molecule has 0 aliphatic rings. The van der Waals surface area contributed by atoms with E-state index in [2.05, 4.69) is 42.9 Å². The molecule has 1 heterocycles. The molecule has 0 fully saturated rings. The first-order valence-corrected chi connectivity index (χ1v) is 5.57. The van der Waals surface area contributed by atoms with E-state index in [4.69, 9.17) is 11.8 Å². The van der Waals surface area contributed by atoms with Crippen molar-refractivity contribution in [2.24, 2.45) is 0 Å². The highest BCUT2D eigenvalue weighted by atomic mass is 14.9. The number of rotatable bonds is 5. The average Bonchev–Trinajstić information content (AvgIpc) is 2.31. The first-order chi connectivity index (χ1) is 7.36. The van der Waals surface area contributed by atoms with Crippen LogP contribution in [0.4, 0.5) is 0 Å². The van der Waals surface area contributed by atoms with Crippen LogP contribution in [-0.2, 0) is 13.0 Å². The molecule has 2 nitrogen and oxygen atoms in total. The van der Waals surface area contributed by atoms with Crippen molar-refractivity contribution in [3.8, 4) is 0 Å². The normalized spacial score (nSPS) is 9.07. The summed E-state index contributed by atoms with van der Waals surface area (Å²) in [6.07, 6.45) is 9.40. The smallest absolute Gasteiger partial charge is 0.169 e. The lowest BCUT2D eigenvalue weighted by molar-refractivity contribution is -0.697. The molecule has 0 unspecified atom stereocenters. The van der Waals surface area contributed by atoms with Gasteiger partial charge in [0, 0.05) is 18.6 Å². The molecule has 1 rings (SSSR count). The number of hydrogen-bond acceptors (Lipinski definition) is 1. The van der Waals surface area contributed by atoms with Gasteiger partial charge in [0.2, 0.25) is 0 Å². The van der Waals surface area contributed by atoms with E-state index in [9.17, 15) is 0 Å². The summed E-state index contributed by atoms with van der Waals surface area (Å²) >= 11 is 0. The van der Waals surface area contributed by atoms with Crippen molar-refractivity contribution < 1.29 is 4.57 Å². The van der Waals surface area contributed by atoms with Gasteiger partial charge >= 0.3 is 0 Å². The maximum atomic E-state index is 6.25. The molecule has 1 aromatic rings. The van der Waals surface area contributed by atoms with Crippen molar-refractivity contribution in [1.29, 1.82) is 5.26 Å². The molecule has 2 heteroatoms. The maximum Gasteiger partial charge on any atom is 0.169 e. The largest absolute Gasteiger partial charge is 0.512 e. The number of nitrogens with zero attached hydrogens (tertiary/aromatic N) is 2. The predicted octanol–water partition coefficient (Wildman–Crippen LogP) is 2.82. The third kappa shape index (κ3) is 5.85. The summed E-state index contributed by atoms with van der Waals surface area (Å²) < 4.78 is 2.25. The van der Waals surface area contributed by atoms with Gasteiger partial charge in [-0.15, -0.1) is 0 Å². The lowest BCUT2D eigenvalue weighted by Gasteiger charge is -1.98. The zero-order valence-electron chi connectivity index (χ0n) is 9.74. The number of unbranched alkanes of at least 4 members (excludes halogenated alkanes) is 1. The second-order valence-electron chi connectivity index (χ2n) is 3.55. The van der Waals surface area contributed by atoms with Gasteiger partial charge in [0.25, 0.3) is 0 Å². The van der Waals surface area contributed by atoms with Gasteiger partial charge in [0.1, 0.15) is 6.54 Å². The molecule has 82 valence electrons. The molecule has 0 atom stereocenters. The zero-order valence-corrected chi connectivity index (χ0v) is 9.74. The molecule has 0 aliphatic carbocycles. The third-order valence-corrected chi connectivity index (χ3v) is 2.26. The highest BCUT2D eigenvalue weighted by Crippen LogP contribution is 2.01. The van der Waals surface area contributed by atoms with E-state index in [1.807, 2.05) is 0 Å². The number of aryl methyl sites for hydroxylation is 2. The summed E-state index contributed by atoms with van der Waals surface area (Å²) in [6, 6.07) is 4.48. The molecule has 0 aliphatic heterocycles. The first kappa shape index (κ1) is 13.6. The lowest BCUT2D eigenvalue weighted by Crippen LogP contribution is -2.32. The maximum absolute atomic E-state index is 6.25. The SMILES string of the molecule is CCCCc1cc[n+](CCC)cc1.[C-]#N. The van der Waals surface area contributed by atoms with Crippen molar-refractivity contribution in [1.82, 2.24) is 0 Å². The summed E-state index contributed by atoms with van der Waals surface area (Å²) in [7, 11) is 0. The van der Waals surface area contributed by atoms with Gasteiger partial charge in [-0.05, 0) is 18.4 Å². The second kappa shape index (κ2) is 9.21. The van der Waals surface area contributed by atoms with E-state index < -0.39 is 0 Å². The molecular weight excluding hydrogens is 184 g/mol. The summed E-state index contributed by atoms with van der Waals surface area (Å²) in [5.41, 5.74) is 1.47. The fraction of sp³-hybridized carbons (Fsp3) is 0.538. The molecular formula is C13H20N2. The van der Waals surface area contributed by atoms with Gasteiger partial charge in [0.15, 0.2) is 12.4 Å². The van der Waals surface area contributed by atoms with Crippen molar-refractivity contribution in [3.05, 3.63) is 36.7 Å². The topological polar surface area (TPSA) is 27.7 Å². The minimum atomic E-state index is 1.13. The first-order valence-electron chi connectivity index (χ1n) is 5.57. The van der Waals surface area contributed by atoms with Crippen molar-refractivity contribution in [2.45, 2.75) is 46.1 Å². The van der Waals surface area contributed by atoms with Crippen LogP contribution < -0.4 is 4.57 Å². The van der Waals surface area contributed by atoms with Crippen LogP contribution in [0.2, 0.25) is 0 Å². The molecule has 0 spiro atoms. The predicted molar refractivity (Wildman–Crippen MR) is 60.5 cm³/mol. The van der Waals surface area contributed by atoms with Crippen LogP contribution in [0.5, 0.6) is 0 Å². The third-order valence-electron chi connectivity index (χ3n) is 2.26. The Morgan fingerprint density at radius 3 is 2.20 bits per heavy atom. The van der Waals surface area contributed by atoms with E-state index >= 15 is 0 Å². The number of pyridine rings is 1. The van der Waals surface area contributed by atoms with Crippen LogP contribution in [0.15, 0.2) is 24.5 Å². The monoisotopic (exact) mass is 204 g/mol. The van der Waals surface area contributed by atoms with Crippen molar-refractivity contribution in [3.63, 3.8) is 0 Å². The Balaban J connectivity index is 0.000000921. The Morgan fingerprint density at radius 1 is 1.13 bits per heavy atom. The van der Waals surface area contributed by atoms with Crippen LogP contribution >= 0.6 is 0 Å². The molecule has 0 saturated carbocycles. The van der Waals surface area contributed by atoms with E-state index in [-0.39, 0.29) is 0 Å². The fourth-order valence-electron chi connectivity index (χ4n) is 1.44. The molecule has 0 aromatic carbocycles. The van der Waals surface area contributed by atoms with Crippen LogP contribution in [0.1, 0.15) is 38.7 Å². The van der Waals surface area contributed by atoms with Gasteiger partial charge in [-0.25, -0.2) is 4.57 Å². The van der Waals surface area contributed by atoms with Crippen LogP contribution in [0.3, 0.4) is 0 Å². The van der Waals surface area contributed by atoms with Crippen molar-refractivity contribution in [2.75, 3.05) is 0 Å². The molecule has 0 saturated heterocycles. The van der Waals surface area contributed by atoms with Gasteiger partial charge < -0.3 is 11.8 Å². The van der Waals surface area contributed by atoms with E-state index in [0.29, 0.717) is 0 Å².